The molecule has 108 valence electrons. The van der Waals surface area contributed by atoms with Gasteiger partial charge in [0.15, 0.2) is 6.61 Å². The van der Waals surface area contributed by atoms with Crippen molar-refractivity contribution >= 4 is 12.0 Å². The Bertz CT molecular complexity index is 591. The van der Waals surface area contributed by atoms with E-state index in [-0.39, 0.29) is 24.1 Å². The third-order valence-corrected chi connectivity index (χ3v) is 2.85. The van der Waals surface area contributed by atoms with Gasteiger partial charge in [-0.15, -0.1) is 0 Å². The molecule has 1 aromatic rings. The van der Waals surface area contributed by atoms with E-state index in [2.05, 4.69) is 5.32 Å². The fraction of sp³-hybridized carbons (Fsp3) is 0.312. The first-order valence-electron chi connectivity index (χ1n) is 6.63. The van der Waals surface area contributed by atoms with Crippen LogP contribution in [0.3, 0.4) is 0 Å². The number of nitrogens with one attached hydrogen (secondary N) is 1. The van der Waals surface area contributed by atoms with Gasteiger partial charge in [0.1, 0.15) is 23.5 Å². The average Bonchev–Trinajstić information content (AvgIpc) is 2.51. The molecule has 0 aliphatic heterocycles. The lowest BCUT2D eigenvalue weighted by Crippen LogP contribution is -2.32. The third-order valence-electron chi connectivity index (χ3n) is 2.85. The highest BCUT2D eigenvalue weighted by Crippen LogP contribution is 2.14. The second-order valence-corrected chi connectivity index (χ2v) is 4.47. The highest BCUT2D eigenvalue weighted by molar-refractivity contribution is 6.01. The Labute approximate surface area is 124 Å². The van der Waals surface area contributed by atoms with Crippen LogP contribution < -0.4 is 10.1 Å². The first-order valence-corrected chi connectivity index (χ1v) is 6.63. The fourth-order valence-corrected chi connectivity index (χ4v) is 1.49. The van der Waals surface area contributed by atoms with Crippen LogP contribution >= 0.6 is 0 Å². The summed E-state index contributed by atoms with van der Waals surface area (Å²) < 4.78 is 5.13. The summed E-state index contributed by atoms with van der Waals surface area (Å²) in [6, 6.07) is 10.6. The van der Waals surface area contributed by atoms with Crippen molar-refractivity contribution in [3.8, 4) is 17.9 Å². The van der Waals surface area contributed by atoms with E-state index in [9.17, 15) is 4.79 Å². The zero-order valence-electron chi connectivity index (χ0n) is 12.1. The smallest absolute Gasteiger partial charge is 0.262 e. The van der Waals surface area contributed by atoms with Gasteiger partial charge in [0.2, 0.25) is 0 Å². The first-order chi connectivity index (χ1) is 10.1. The topological polar surface area (TPSA) is 85.9 Å². The van der Waals surface area contributed by atoms with E-state index in [1.54, 1.807) is 24.3 Å². The zero-order valence-corrected chi connectivity index (χ0v) is 12.1. The van der Waals surface area contributed by atoms with Gasteiger partial charge < -0.3 is 10.1 Å². The highest BCUT2D eigenvalue weighted by Gasteiger charge is 2.11. The molecule has 0 bridgehead atoms. The van der Waals surface area contributed by atoms with E-state index in [1.807, 2.05) is 26.0 Å². The standard InChI is InChI=1S/C16H17N3O2/c1-3-12(2)19-16(20)14(11-18)10-13-4-6-15(7-5-13)21-9-8-17/h4-7,10,12H,3,9H2,1-2H3,(H,19,20)/b14-10+/t12-/m1/s1. The molecule has 5 heteroatoms. The number of carbonyl (C=O) groups excluding carboxylic acids is 1. The molecule has 1 rings (SSSR count). The number of benzene rings is 1. The van der Waals surface area contributed by atoms with Crippen molar-refractivity contribution in [2.45, 2.75) is 26.3 Å². The molecule has 21 heavy (non-hydrogen) atoms. The molecule has 0 aliphatic rings. The molecule has 0 saturated heterocycles. The molecule has 1 aromatic carbocycles. The Kier molecular flexibility index (Phi) is 6.50. The van der Waals surface area contributed by atoms with Crippen molar-refractivity contribution in [3.63, 3.8) is 0 Å². The van der Waals surface area contributed by atoms with E-state index >= 15 is 0 Å². The van der Waals surface area contributed by atoms with Crippen molar-refractivity contribution < 1.29 is 9.53 Å². The average molecular weight is 283 g/mol. The minimum absolute atomic E-state index is 0.0179. The molecule has 0 aliphatic carbocycles. The summed E-state index contributed by atoms with van der Waals surface area (Å²) in [7, 11) is 0. The third kappa shape index (κ3) is 5.38. The molecule has 0 spiro atoms. The number of carbonyl (C=O) groups is 1. The predicted octanol–water partition coefficient (Wildman–Crippen LogP) is 2.41. The maximum absolute atomic E-state index is 11.9. The molecule has 1 N–H and O–H groups in total. The maximum Gasteiger partial charge on any atom is 0.262 e. The summed E-state index contributed by atoms with van der Waals surface area (Å²) in [5.74, 6) is 0.188. The zero-order chi connectivity index (χ0) is 15.7. The molecule has 5 nitrogen and oxygen atoms in total. The predicted molar refractivity (Wildman–Crippen MR) is 79.0 cm³/mol. The lowest BCUT2D eigenvalue weighted by Gasteiger charge is -2.10. The second kappa shape index (κ2) is 8.39. The summed E-state index contributed by atoms with van der Waals surface area (Å²) in [6.45, 7) is 3.82. The first kappa shape index (κ1) is 16.3. The van der Waals surface area contributed by atoms with Crippen LogP contribution in [-0.4, -0.2) is 18.6 Å². The lowest BCUT2D eigenvalue weighted by molar-refractivity contribution is -0.117. The Morgan fingerprint density at radius 2 is 2.05 bits per heavy atom. The van der Waals surface area contributed by atoms with E-state index in [1.165, 1.54) is 6.08 Å². The van der Waals surface area contributed by atoms with Gasteiger partial charge in [-0.1, -0.05) is 19.1 Å². The maximum atomic E-state index is 11.9. The molecule has 0 unspecified atom stereocenters. The minimum Gasteiger partial charge on any atom is -0.479 e. The van der Waals surface area contributed by atoms with Gasteiger partial charge in [0.05, 0.1) is 0 Å². The van der Waals surface area contributed by atoms with Crippen LogP contribution in [0.25, 0.3) is 6.08 Å². The van der Waals surface area contributed by atoms with Crippen molar-refractivity contribution in [1.82, 2.24) is 5.32 Å². The summed E-state index contributed by atoms with van der Waals surface area (Å²) in [5, 5.41) is 20.2. The summed E-state index contributed by atoms with van der Waals surface area (Å²) in [4.78, 5) is 11.9. The van der Waals surface area contributed by atoms with Gasteiger partial charge in [0.25, 0.3) is 5.91 Å². The lowest BCUT2D eigenvalue weighted by atomic mass is 10.1. The second-order valence-electron chi connectivity index (χ2n) is 4.47. The Morgan fingerprint density at radius 3 is 2.57 bits per heavy atom. The SMILES string of the molecule is CC[C@@H](C)NC(=O)/C(C#N)=C/c1ccc(OCC#N)cc1. The van der Waals surface area contributed by atoms with Crippen LogP contribution in [0, 0.1) is 22.7 Å². The van der Waals surface area contributed by atoms with Gasteiger partial charge in [-0.2, -0.15) is 10.5 Å². The van der Waals surface area contributed by atoms with Crippen LogP contribution in [0.15, 0.2) is 29.8 Å². The van der Waals surface area contributed by atoms with Gasteiger partial charge in [0, 0.05) is 6.04 Å². The number of rotatable bonds is 6. The van der Waals surface area contributed by atoms with Crippen LogP contribution in [-0.2, 0) is 4.79 Å². The largest absolute Gasteiger partial charge is 0.479 e. The summed E-state index contributed by atoms with van der Waals surface area (Å²) in [5.41, 5.74) is 0.774. The normalized spacial score (nSPS) is 11.9. The molecule has 0 saturated carbocycles. The van der Waals surface area contributed by atoms with Crippen LogP contribution in [0.5, 0.6) is 5.75 Å². The number of amides is 1. The van der Waals surface area contributed by atoms with Gasteiger partial charge in [-0.25, -0.2) is 0 Å². The van der Waals surface area contributed by atoms with Gasteiger partial charge in [-0.3, -0.25) is 4.79 Å². The van der Waals surface area contributed by atoms with E-state index < -0.39 is 0 Å². The van der Waals surface area contributed by atoms with Gasteiger partial charge >= 0.3 is 0 Å². The number of hydrogen-bond acceptors (Lipinski definition) is 4. The molecular formula is C16H17N3O2. The molecule has 0 fully saturated rings. The number of hydrogen-bond donors (Lipinski definition) is 1. The number of nitriles is 2. The highest BCUT2D eigenvalue weighted by atomic mass is 16.5. The van der Waals surface area contributed by atoms with Crippen LogP contribution in [0.4, 0.5) is 0 Å². The van der Waals surface area contributed by atoms with Crippen molar-refractivity contribution in [2.24, 2.45) is 0 Å². The minimum atomic E-state index is -0.378. The van der Waals surface area contributed by atoms with Crippen molar-refractivity contribution in [2.75, 3.05) is 6.61 Å². The monoisotopic (exact) mass is 283 g/mol. The molecule has 0 aromatic heterocycles. The Morgan fingerprint density at radius 1 is 1.38 bits per heavy atom. The molecule has 1 amide bonds. The molecule has 0 radical (unpaired) electrons. The number of ether oxygens (including phenoxy) is 1. The van der Waals surface area contributed by atoms with Crippen molar-refractivity contribution in [1.29, 1.82) is 10.5 Å². The van der Waals surface area contributed by atoms with Crippen LogP contribution in [0.2, 0.25) is 0 Å². The van der Waals surface area contributed by atoms with E-state index in [0.29, 0.717) is 5.75 Å². The van der Waals surface area contributed by atoms with Crippen LogP contribution in [0.1, 0.15) is 25.8 Å². The van der Waals surface area contributed by atoms with Gasteiger partial charge in [-0.05, 0) is 37.1 Å². The Balaban J connectivity index is 2.81. The van der Waals surface area contributed by atoms with Crippen molar-refractivity contribution in [3.05, 3.63) is 35.4 Å². The molecule has 0 heterocycles. The van der Waals surface area contributed by atoms with E-state index in [4.69, 9.17) is 15.3 Å². The quantitative estimate of drug-likeness (QED) is 0.641. The Hall–Kier alpha value is -2.79. The fourth-order valence-electron chi connectivity index (χ4n) is 1.49. The number of nitrogens with zero attached hydrogens (tertiary/aromatic N) is 2. The summed E-state index contributed by atoms with van der Waals surface area (Å²) in [6.07, 6.45) is 2.32. The summed E-state index contributed by atoms with van der Waals surface area (Å²) >= 11 is 0. The van der Waals surface area contributed by atoms with E-state index in [0.717, 1.165) is 12.0 Å². The molecular weight excluding hydrogens is 266 g/mol. The molecule has 1 atom stereocenters.